The highest BCUT2D eigenvalue weighted by molar-refractivity contribution is 7.90. The summed E-state index contributed by atoms with van der Waals surface area (Å²) in [5, 5.41) is 23.3. The molecule has 0 bridgehead atoms. The number of sulfonamides is 1. The van der Waals surface area contributed by atoms with E-state index >= 15 is 0 Å². The zero-order valence-electron chi connectivity index (χ0n) is 30.3. The van der Waals surface area contributed by atoms with Gasteiger partial charge >= 0.3 is 12.1 Å². The first kappa shape index (κ1) is 37.2. The second-order valence-electron chi connectivity index (χ2n) is 14.0. The SMILES string of the molecule is Cc1c(C)c(S(=O)(=O)NC(=N)NCCOc2ccc(CC(NC(=O)OCC3c4ccccc4-c4ccccc43)C(=O)O)cc2)c(C)c2c1OC(C)(C)C2. The number of rotatable bonds is 12. The van der Waals surface area contributed by atoms with Crippen molar-refractivity contribution in [1.82, 2.24) is 15.4 Å². The van der Waals surface area contributed by atoms with Crippen LogP contribution in [0.1, 0.15) is 58.7 Å². The van der Waals surface area contributed by atoms with E-state index in [1.807, 2.05) is 69.3 Å². The first-order chi connectivity index (χ1) is 25.1. The summed E-state index contributed by atoms with van der Waals surface area (Å²) in [5.41, 5.74) is 7.35. The van der Waals surface area contributed by atoms with Crippen molar-refractivity contribution in [3.8, 4) is 22.6 Å². The Labute approximate surface area is 309 Å². The molecule has 13 heteroatoms. The largest absolute Gasteiger partial charge is 0.492 e. The highest BCUT2D eigenvalue weighted by Crippen LogP contribution is 2.45. The lowest BCUT2D eigenvalue weighted by molar-refractivity contribution is -0.139. The quantitative estimate of drug-likeness (QED) is 0.0689. The van der Waals surface area contributed by atoms with Gasteiger partial charge in [0.1, 0.15) is 36.4 Å². The molecule has 6 rings (SSSR count). The minimum atomic E-state index is -4.06. The number of carbonyl (C=O) groups excluding carboxylic acids is 1. The van der Waals surface area contributed by atoms with Gasteiger partial charge in [0.25, 0.3) is 10.0 Å². The van der Waals surface area contributed by atoms with Gasteiger partial charge in [-0.25, -0.2) is 22.7 Å². The van der Waals surface area contributed by atoms with Crippen LogP contribution < -0.4 is 24.8 Å². The third kappa shape index (κ3) is 7.95. The number of fused-ring (bicyclic) bond motifs is 4. The Morgan fingerprint density at radius 2 is 1.57 bits per heavy atom. The molecule has 0 saturated carbocycles. The first-order valence-electron chi connectivity index (χ1n) is 17.4. The minimum absolute atomic E-state index is 0.0200. The summed E-state index contributed by atoms with van der Waals surface area (Å²) in [5.74, 6) is -0.511. The number of aliphatic carboxylic acids is 1. The van der Waals surface area contributed by atoms with Crippen LogP contribution in [0.4, 0.5) is 4.79 Å². The molecule has 0 radical (unpaired) electrons. The number of hydrogen-bond donors (Lipinski definition) is 5. The Kier molecular flexibility index (Phi) is 10.4. The molecular weight excluding hydrogens is 697 g/mol. The number of hydrogen-bond acceptors (Lipinski definition) is 8. The van der Waals surface area contributed by atoms with Gasteiger partial charge in [0.05, 0.1) is 11.4 Å². The highest BCUT2D eigenvalue weighted by Gasteiger charge is 2.37. The maximum absolute atomic E-state index is 13.4. The summed E-state index contributed by atoms with van der Waals surface area (Å²) < 4.78 is 46.5. The molecule has 1 atom stereocenters. The van der Waals surface area contributed by atoms with E-state index in [0.29, 0.717) is 28.9 Å². The molecule has 1 heterocycles. The second-order valence-corrected chi connectivity index (χ2v) is 15.6. The Bertz CT molecular complexity index is 2140. The van der Waals surface area contributed by atoms with Gasteiger partial charge in [-0.3, -0.25) is 5.41 Å². The number of benzene rings is 4. The fourth-order valence-corrected chi connectivity index (χ4v) is 8.68. The van der Waals surface area contributed by atoms with Crippen molar-refractivity contribution in [1.29, 1.82) is 5.41 Å². The molecule has 53 heavy (non-hydrogen) atoms. The molecule has 0 spiro atoms. The molecule has 1 aliphatic carbocycles. The van der Waals surface area contributed by atoms with Crippen molar-refractivity contribution in [2.75, 3.05) is 19.8 Å². The van der Waals surface area contributed by atoms with E-state index in [-0.39, 0.29) is 43.0 Å². The van der Waals surface area contributed by atoms with E-state index in [2.05, 4.69) is 15.4 Å². The fraction of sp³-hybridized carbons (Fsp3) is 0.325. The van der Waals surface area contributed by atoms with Gasteiger partial charge in [-0.1, -0.05) is 60.7 Å². The van der Waals surface area contributed by atoms with Crippen molar-refractivity contribution in [3.63, 3.8) is 0 Å². The van der Waals surface area contributed by atoms with Crippen molar-refractivity contribution < 1.29 is 37.3 Å². The fourth-order valence-electron chi connectivity index (χ4n) is 7.15. The Morgan fingerprint density at radius 1 is 0.943 bits per heavy atom. The monoisotopic (exact) mass is 740 g/mol. The van der Waals surface area contributed by atoms with Gasteiger partial charge in [-0.2, -0.15) is 0 Å². The Hall–Kier alpha value is -5.56. The number of carboxylic acids is 1. The zero-order chi connectivity index (χ0) is 38.1. The van der Waals surface area contributed by atoms with Crippen LogP contribution in [0.2, 0.25) is 0 Å². The molecule has 4 aromatic rings. The van der Waals surface area contributed by atoms with Crippen LogP contribution in [0.3, 0.4) is 0 Å². The second kappa shape index (κ2) is 14.8. The molecule has 0 saturated heterocycles. The van der Waals surface area contributed by atoms with Gasteiger partial charge < -0.3 is 30.0 Å². The molecule has 1 aliphatic heterocycles. The van der Waals surface area contributed by atoms with Crippen LogP contribution in [0.5, 0.6) is 11.5 Å². The average molecular weight is 741 g/mol. The molecule has 2 aliphatic rings. The summed E-state index contributed by atoms with van der Waals surface area (Å²) in [6.07, 6.45) is -0.207. The lowest BCUT2D eigenvalue weighted by atomic mass is 9.94. The van der Waals surface area contributed by atoms with E-state index in [1.165, 1.54) is 0 Å². The molecule has 0 fully saturated rings. The Balaban J connectivity index is 0.966. The van der Waals surface area contributed by atoms with Crippen LogP contribution >= 0.6 is 0 Å². The van der Waals surface area contributed by atoms with Crippen LogP contribution in [0, 0.1) is 26.2 Å². The topological polar surface area (TPSA) is 176 Å². The molecule has 4 aromatic carbocycles. The number of amides is 1. The van der Waals surface area contributed by atoms with E-state index in [4.69, 9.17) is 19.6 Å². The maximum Gasteiger partial charge on any atom is 0.407 e. The highest BCUT2D eigenvalue weighted by atomic mass is 32.2. The van der Waals surface area contributed by atoms with Crippen molar-refractivity contribution in [2.45, 2.75) is 69.9 Å². The third-order valence-electron chi connectivity index (χ3n) is 9.77. The van der Waals surface area contributed by atoms with Crippen molar-refractivity contribution in [3.05, 3.63) is 112 Å². The predicted molar refractivity (Wildman–Crippen MR) is 200 cm³/mol. The summed E-state index contributed by atoms with van der Waals surface area (Å²) >= 11 is 0. The minimum Gasteiger partial charge on any atom is -0.492 e. The zero-order valence-corrected chi connectivity index (χ0v) is 31.1. The van der Waals surface area contributed by atoms with Gasteiger partial charge in [-0.05, 0) is 91.3 Å². The summed E-state index contributed by atoms with van der Waals surface area (Å²) in [6.45, 7) is 9.61. The standard InChI is InChI=1S/C40H44N4O8S/c1-23-24(2)36(25(3)32-21-40(4,5)52-35(23)32)53(48,49)44-38(41)42-18-19-50-27-16-14-26(15-17-27)20-34(37(45)46)43-39(47)51-22-33-30-12-8-6-10-28(30)29-11-7-9-13-31(29)33/h6-17,33-34H,18-22H2,1-5H3,(H,43,47)(H,45,46)(H3,41,42,44). The molecule has 5 N–H and O–H groups in total. The number of carboxylic acid groups (broad SMARTS) is 1. The predicted octanol–water partition coefficient (Wildman–Crippen LogP) is 5.74. The summed E-state index contributed by atoms with van der Waals surface area (Å²) in [4.78, 5) is 24.9. The van der Waals surface area contributed by atoms with Gasteiger partial charge in [-0.15, -0.1) is 0 Å². The maximum atomic E-state index is 13.4. The van der Waals surface area contributed by atoms with Crippen LogP contribution in [0.25, 0.3) is 11.1 Å². The smallest absolute Gasteiger partial charge is 0.407 e. The molecule has 12 nitrogen and oxygen atoms in total. The van der Waals surface area contributed by atoms with Crippen LogP contribution in [0.15, 0.2) is 77.7 Å². The normalized spacial score (nSPS) is 14.6. The van der Waals surface area contributed by atoms with Gasteiger partial charge in [0.15, 0.2) is 0 Å². The molecule has 1 amide bonds. The van der Waals surface area contributed by atoms with Gasteiger partial charge in [0, 0.05) is 24.3 Å². The summed E-state index contributed by atoms with van der Waals surface area (Å²) in [7, 11) is -4.06. The number of alkyl carbamates (subject to hydrolysis) is 1. The van der Waals surface area contributed by atoms with E-state index in [0.717, 1.165) is 39.1 Å². The number of ether oxygens (including phenoxy) is 3. The Morgan fingerprint density at radius 3 is 2.19 bits per heavy atom. The molecule has 1 unspecified atom stereocenters. The third-order valence-corrected chi connectivity index (χ3v) is 11.4. The lowest BCUT2D eigenvalue weighted by Crippen LogP contribution is -2.42. The van der Waals surface area contributed by atoms with Crippen LogP contribution in [-0.2, 0) is 32.4 Å². The van der Waals surface area contributed by atoms with E-state index < -0.39 is 33.7 Å². The average Bonchev–Trinajstić information content (AvgIpc) is 3.62. The number of guanidine groups is 1. The number of carbonyl (C=O) groups is 2. The molecular formula is C40H44N4O8S. The molecule has 0 aromatic heterocycles. The lowest BCUT2D eigenvalue weighted by Gasteiger charge is -2.19. The first-order valence-corrected chi connectivity index (χ1v) is 18.9. The van der Waals surface area contributed by atoms with Crippen LogP contribution in [-0.4, -0.2) is 62.9 Å². The molecule has 278 valence electrons. The van der Waals surface area contributed by atoms with E-state index in [9.17, 15) is 23.1 Å². The number of nitrogens with one attached hydrogen (secondary N) is 4. The van der Waals surface area contributed by atoms with Crippen molar-refractivity contribution >= 4 is 28.0 Å². The van der Waals surface area contributed by atoms with Gasteiger partial charge in [0.2, 0.25) is 5.96 Å². The van der Waals surface area contributed by atoms with E-state index in [1.54, 1.807) is 38.1 Å². The summed E-state index contributed by atoms with van der Waals surface area (Å²) in [6, 6.07) is 21.4. The van der Waals surface area contributed by atoms with Crippen molar-refractivity contribution in [2.24, 2.45) is 0 Å².